The second-order valence-corrected chi connectivity index (χ2v) is 3.89. The van der Waals surface area contributed by atoms with Gasteiger partial charge in [-0.1, -0.05) is 42.8 Å². The molecule has 0 saturated heterocycles. The van der Waals surface area contributed by atoms with E-state index in [-0.39, 0.29) is 0 Å². The van der Waals surface area contributed by atoms with Crippen molar-refractivity contribution in [2.24, 2.45) is 0 Å². The Morgan fingerprint density at radius 1 is 1.27 bits per heavy atom. The van der Waals surface area contributed by atoms with E-state index < -0.39 is 0 Å². The van der Waals surface area contributed by atoms with Crippen LogP contribution < -0.4 is 5.32 Å². The van der Waals surface area contributed by atoms with E-state index in [0.717, 1.165) is 24.5 Å². The molecule has 0 aliphatic rings. The van der Waals surface area contributed by atoms with Gasteiger partial charge >= 0.3 is 0 Å². The Hall–Kier alpha value is -0.790. The average Bonchev–Trinajstić information content (AvgIpc) is 2.26. The van der Waals surface area contributed by atoms with Crippen LogP contribution in [0.25, 0.3) is 6.08 Å². The molecule has 15 heavy (non-hydrogen) atoms. The predicted octanol–water partition coefficient (Wildman–Crippen LogP) is 3.74. The fourth-order valence-electron chi connectivity index (χ4n) is 1.31. The van der Waals surface area contributed by atoms with Gasteiger partial charge in [-0.25, -0.2) is 0 Å². The van der Waals surface area contributed by atoms with E-state index in [1.165, 1.54) is 12.0 Å². The quantitative estimate of drug-likeness (QED) is 0.725. The molecule has 0 saturated carbocycles. The van der Waals surface area contributed by atoms with Gasteiger partial charge in [-0.2, -0.15) is 0 Å². The number of unbranched alkanes of at least 4 members (excludes halogenated alkanes) is 1. The lowest BCUT2D eigenvalue weighted by atomic mass is 10.2. The molecule has 0 unspecified atom stereocenters. The highest BCUT2D eigenvalue weighted by atomic mass is 35.5. The monoisotopic (exact) mass is 223 g/mol. The lowest BCUT2D eigenvalue weighted by molar-refractivity contribution is 0.680. The maximum Gasteiger partial charge on any atom is 0.0406 e. The molecule has 2 heteroatoms. The van der Waals surface area contributed by atoms with Gasteiger partial charge in [0.25, 0.3) is 0 Å². The van der Waals surface area contributed by atoms with Crippen LogP contribution in [-0.2, 0) is 0 Å². The lowest BCUT2D eigenvalue weighted by Crippen LogP contribution is -2.13. The molecule has 1 aromatic carbocycles. The Labute approximate surface area is 97.1 Å². The number of allylic oxidation sites excluding steroid dienone is 1. The summed E-state index contributed by atoms with van der Waals surface area (Å²) in [6, 6.07) is 7.89. The summed E-state index contributed by atoms with van der Waals surface area (Å²) < 4.78 is 0. The van der Waals surface area contributed by atoms with E-state index in [9.17, 15) is 0 Å². The summed E-state index contributed by atoms with van der Waals surface area (Å²) in [5.41, 5.74) is 1.21. The zero-order valence-corrected chi connectivity index (χ0v) is 9.93. The first-order valence-corrected chi connectivity index (χ1v) is 5.83. The molecule has 0 spiro atoms. The van der Waals surface area contributed by atoms with Crippen LogP contribution in [0, 0.1) is 0 Å². The van der Waals surface area contributed by atoms with Gasteiger partial charge in [0.05, 0.1) is 0 Å². The largest absolute Gasteiger partial charge is 0.317 e. The summed E-state index contributed by atoms with van der Waals surface area (Å²) in [4.78, 5) is 0. The highest BCUT2D eigenvalue weighted by Crippen LogP contribution is 2.10. The Bertz CT molecular complexity index is 290. The highest BCUT2D eigenvalue weighted by molar-refractivity contribution is 6.30. The third kappa shape index (κ3) is 5.60. The Morgan fingerprint density at radius 3 is 2.67 bits per heavy atom. The van der Waals surface area contributed by atoms with Crippen molar-refractivity contribution in [3.63, 3.8) is 0 Å². The molecule has 0 aliphatic heterocycles. The van der Waals surface area contributed by atoms with E-state index in [0.29, 0.717) is 0 Å². The van der Waals surface area contributed by atoms with Crippen LogP contribution in [0.1, 0.15) is 25.3 Å². The smallest absolute Gasteiger partial charge is 0.0406 e. The number of halogens is 1. The normalized spacial score (nSPS) is 11.1. The molecular weight excluding hydrogens is 206 g/mol. The minimum Gasteiger partial charge on any atom is -0.317 e. The van der Waals surface area contributed by atoms with Crippen LogP contribution >= 0.6 is 11.6 Å². The molecule has 0 atom stereocenters. The molecule has 0 fully saturated rings. The fourth-order valence-corrected chi connectivity index (χ4v) is 1.44. The summed E-state index contributed by atoms with van der Waals surface area (Å²) in [6.07, 6.45) is 6.66. The number of hydrogen-bond acceptors (Lipinski definition) is 1. The van der Waals surface area contributed by atoms with Gasteiger partial charge in [0.2, 0.25) is 0 Å². The minimum atomic E-state index is 0.791. The first kappa shape index (κ1) is 12.3. The SMILES string of the molecule is CCNCCC/C=C/c1ccc(Cl)cc1. The van der Waals surface area contributed by atoms with E-state index in [2.05, 4.69) is 24.4 Å². The first-order chi connectivity index (χ1) is 7.33. The molecular formula is C13H18ClN. The van der Waals surface area contributed by atoms with Gasteiger partial charge in [-0.05, 0) is 43.6 Å². The fraction of sp³-hybridized carbons (Fsp3) is 0.385. The van der Waals surface area contributed by atoms with Crippen LogP contribution in [0.5, 0.6) is 0 Å². The number of rotatable bonds is 6. The molecule has 0 bridgehead atoms. The van der Waals surface area contributed by atoms with Gasteiger partial charge in [0.15, 0.2) is 0 Å². The lowest BCUT2D eigenvalue weighted by Gasteiger charge is -1.97. The molecule has 82 valence electrons. The van der Waals surface area contributed by atoms with Crippen molar-refractivity contribution in [1.82, 2.24) is 5.32 Å². The van der Waals surface area contributed by atoms with Crippen molar-refractivity contribution in [2.45, 2.75) is 19.8 Å². The van der Waals surface area contributed by atoms with Crippen molar-refractivity contribution >= 4 is 17.7 Å². The predicted molar refractivity (Wildman–Crippen MR) is 68.3 cm³/mol. The first-order valence-electron chi connectivity index (χ1n) is 5.45. The second-order valence-electron chi connectivity index (χ2n) is 3.45. The van der Waals surface area contributed by atoms with Gasteiger partial charge in [-0.3, -0.25) is 0 Å². The molecule has 1 nitrogen and oxygen atoms in total. The Kier molecular flexibility index (Phi) is 6.14. The van der Waals surface area contributed by atoms with Crippen molar-refractivity contribution < 1.29 is 0 Å². The van der Waals surface area contributed by atoms with Crippen molar-refractivity contribution in [1.29, 1.82) is 0 Å². The minimum absolute atomic E-state index is 0.791. The summed E-state index contributed by atoms with van der Waals surface area (Å²) in [5, 5.41) is 4.09. The van der Waals surface area contributed by atoms with Gasteiger partial charge in [0.1, 0.15) is 0 Å². The maximum atomic E-state index is 5.80. The third-order valence-electron chi connectivity index (χ3n) is 2.15. The summed E-state index contributed by atoms with van der Waals surface area (Å²) in [5.74, 6) is 0. The van der Waals surface area contributed by atoms with Crippen molar-refractivity contribution in [3.8, 4) is 0 Å². The second kappa shape index (κ2) is 7.49. The Balaban J connectivity index is 2.23. The molecule has 0 aromatic heterocycles. The van der Waals surface area contributed by atoms with E-state index in [4.69, 9.17) is 11.6 Å². The molecule has 1 aromatic rings. The number of hydrogen-bond donors (Lipinski definition) is 1. The Morgan fingerprint density at radius 2 is 2.00 bits per heavy atom. The molecule has 0 heterocycles. The van der Waals surface area contributed by atoms with E-state index in [1.54, 1.807) is 0 Å². The van der Waals surface area contributed by atoms with Gasteiger partial charge in [0, 0.05) is 5.02 Å². The molecule has 0 radical (unpaired) electrons. The van der Waals surface area contributed by atoms with Crippen LogP contribution in [0.2, 0.25) is 5.02 Å². The molecule has 1 N–H and O–H groups in total. The third-order valence-corrected chi connectivity index (χ3v) is 2.41. The van der Waals surface area contributed by atoms with Gasteiger partial charge in [-0.15, -0.1) is 0 Å². The van der Waals surface area contributed by atoms with Crippen LogP contribution in [0.3, 0.4) is 0 Å². The van der Waals surface area contributed by atoms with Gasteiger partial charge < -0.3 is 5.32 Å². The topological polar surface area (TPSA) is 12.0 Å². The van der Waals surface area contributed by atoms with Crippen LogP contribution in [0.4, 0.5) is 0 Å². The van der Waals surface area contributed by atoms with Crippen molar-refractivity contribution in [2.75, 3.05) is 13.1 Å². The number of benzene rings is 1. The summed E-state index contributed by atoms with van der Waals surface area (Å²) >= 11 is 5.80. The van der Waals surface area contributed by atoms with E-state index in [1.807, 2.05) is 24.3 Å². The molecule has 0 amide bonds. The zero-order chi connectivity index (χ0) is 10.9. The molecule has 0 aliphatic carbocycles. The summed E-state index contributed by atoms with van der Waals surface area (Å²) in [7, 11) is 0. The maximum absolute atomic E-state index is 5.80. The highest BCUT2D eigenvalue weighted by Gasteiger charge is 1.87. The van der Waals surface area contributed by atoms with Crippen LogP contribution in [0.15, 0.2) is 30.3 Å². The van der Waals surface area contributed by atoms with Crippen molar-refractivity contribution in [3.05, 3.63) is 40.9 Å². The van der Waals surface area contributed by atoms with E-state index >= 15 is 0 Å². The standard InChI is InChI=1S/C13H18ClN/c1-2-15-11-5-3-4-6-12-7-9-13(14)10-8-12/h4,6-10,15H,2-3,5,11H2,1H3/b6-4+. The van der Waals surface area contributed by atoms with Crippen LogP contribution in [-0.4, -0.2) is 13.1 Å². The molecule has 1 rings (SSSR count). The zero-order valence-electron chi connectivity index (χ0n) is 9.17. The summed E-state index contributed by atoms with van der Waals surface area (Å²) in [6.45, 7) is 4.28. The average molecular weight is 224 g/mol. The number of nitrogens with one attached hydrogen (secondary N) is 1.